The summed E-state index contributed by atoms with van der Waals surface area (Å²) >= 11 is 0. The van der Waals surface area contributed by atoms with E-state index < -0.39 is 24.2 Å². The summed E-state index contributed by atoms with van der Waals surface area (Å²) in [7, 11) is 0. The Kier molecular flexibility index (Phi) is 4.96. The Hall–Kier alpha value is -2.38. The molecule has 0 atom stereocenters. The molecule has 0 bridgehead atoms. The van der Waals surface area contributed by atoms with E-state index in [1.54, 1.807) is 26.0 Å². The van der Waals surface area contributed by atoms with Crippen molar-refractivity contribution in [2.24, 2.45) is 5.92 Å². The quantitative estimate of drug-likeness (QED) is 0.859. The second-order valence-electron chi connectivity index (χ2n) is 6.10. The summed E-state index contributed by atoms with van der Waals surface area (Å²) in [4.78, 5) is 29.6. The molecule has 0 radical (unpaired) electrons. The van der Waals surface area contributed by atoms with Crippen LogP contribution in [0.15, 0.2) is 29.3 Å². The standard InChI is InChI=1S/C16H18F3N3O2/c1-10(2)8-21(9-16(17,18)19)14(23)12-7-20-13-6-11(3)4-5-22(13)15(12)24/h4-7,10H,8-9H2,1-3H3. The molecule has 5 nitrogen and oxygen atoms in total. The predicted octanol–water partition coefficient (Wildman–Crippen LogP) is 2.66. The lowest BCUT2D eigenvalue weighted by Crippen LogP contribution is -2.43. The molecule has 0 unspecified atom stereocenters. The van der Waals surface area contributed by atoms with Gasteiger partial charge in [0.1, 0.15) is 17.8 Å². The number of carbonyl (C=O) groups excluding carboxylic acids is 1. The van der Waals surface area contributed by atoms with Gasteiger partial charge in [0.05, 0.1) is 0 Å². The molecule has 130 valence electrons. The van der Waals surface area contributed by atoms with Crippen LogP contribution in [0.2, 0.25) is 0 Å². The molecule has 0 saturated heterocycles. The minimum Gasteiger partial charge on any atom is -0.329 e. The molecule has 8 heteroatoms. The van der Waals surface area contributed by atoms with Crippen molar-refractivity contribution in [3.63, 3.8) is 0 Å². The highest BCUT2D eigenvalue weighted by atomic mass is 19.4. The van der Waals surface area contributed by atoms with E-state index in [-0.39, 0.29) is 18.0 Å². The van der Waals surface area contributed by atoms with Crippen LogP contribution in [-0.2, 0) is 0 Å². The van der Waals surface area contributed by atoms with Crippen molar-refractivity contribution >= 4 is 11.6 Å². The zero-order valence-electron chi connectivity index (χ0n) is 13.6. The number of halogens is 3. The van der Waals surface area contributed by atoms with Crippen LogP contribution in [0, 0.1) is 12.8 Å². The third kappa shape index (κ3) is 4.12. The summed E-state index contributed by atoms with van der Waals surface area (Å²) in [6, 6.07) is 3.31. The summed E-state index contributed by atoms with van der Waals surface area (Å²) in [6.07, 6.45) is -2.04. The normalized spacial score (nSPS) is 12.0. The Bertz CT molecular complexity index is 812. The van der Waals surface area contributed by atoms with Gasteiger partial charge < -0.3 is 4.90 Å². The topological polar surface area (TPSA) is 54.7 Å². The maximum atomic E-state index is 12.7. The van der Waals surface area contributed by atoms with Crippen LogP contribution < -0.4 is 5.56 Å². The van der Waals surface area contributed by atoms with Crippen molar-refractivity contribution in [2.75, 3.05) is 13.1 Å². The maximum Gasteiger partial charge on any atom is 0.406 e. The van der Waals surface area contributed by atoms with Gasteiger partial charge in [-0.1, -0.05) is 13.8 Å². The van der Waals surface area contributed by atoms with E-state index >= 15 is 0 Å². The van der Waals surface area contributed by atoms with Crippen molar-refractivity contribution in [2.45, 2.75) is 26.9 Å². The van der Waals surface area contributed by atoms with Crippen LogP contribution in [0.5, 0.6) is 0 Å². The molecule has 0 fully saturated rings. The molecule has 0 saturated carbocycles. The molecule has 0 aromatic carbocycles. The van der Waals surface area contributed by atoms with Crippen molar-refractivity contribution in [3.05, 3.63) is 46.0 Å². The monoisotopic (exact) mass is 341 g/mol. The summed E-state index contributed by atoms with van der Waals surface area (Å²) in [5, 5.41) is 0. The first kappa shape index (κ1) is 18.0. The minimum atomic E-state index is -4.54. The summed E-state index contributed by atoms with van der Waals surface area (Å²) in [6.45, 7) is 3.71. The smallest absolute Gasteiger partial charge is 0.329 e. The number of aromatic nitrogens is 2. The van der Waals surface area contributed by atoms with E-state index in [4.69, 9.17) is 0 Å². The van der Waals surface area contributed by atoms with Gasteiger partial charge in [0, 0.05) is 18.9 Å². The highest BCUT2D eigenvalue weighted by molar-refractivity contribution is 5.93. The zero-order chi connectivity index (χ0) is 18.1. The van der Waals surface area contributed by atoms with Crippen LogP contribution in [0.1, 0.15) is 29.8 Å². The average molecular weight is 341 g/mol. The first-order chi connectivity index (χ1) is 11.1. The number of fused-ring (bicyclic) bond motifs is 1. The van der Waals surface area contributed by atoms with Gasteiger partial charge in [-0.15, -0.1) is 0 Å². The van der Waals surface area contributed by atoms with Crippen LogP contribution in [0.4, 0.5) is 13.2 Å². The summed E-state index contributed by atoms with van der Waals surface area (Å²) in [5.41, 5.74) is 0.157. The van der Waals surface area contributed by atoms with Crippen molar-refractivity contribution in [1.29, 1.82) is 0 Å². The van der Waals surface area contributed by atoms with Gasteiger partial charge in [0.2, 0.25) is 0 Å². The van der Waals surface area contributed by atoms with E-state index in [1.165, 1.54) is 6.20 Å². The molecular weight excluding hydrogens is 323 g/mol. The number of hydrogen-bond acceptors (Lipinski definition) is 3. The Balaban J connectivity index is 2.45. The first-order valence-corrected chi connectivity index (χ1v) is 7.42. The number of alkyl halides is 3. The van der Waals surface area contributed by atoms with Crippen molar-refractivity contribution < 1.29 is 18.0 Å². The Labute approximate surface area is 136 Å². The third-order valence-corrected chi connectivity index (χ3v) is 3.34. The van der Waals surface area contributed by atoms with E-state index in [0.717, 1.165) is 16.2 Å². The van der Waals surface area contributed by atoms with Gasteiger partial charge in [-0.05, 0) is 30.5 Å². The second-order valence-corrected chi connectivity index (χ2v) is 6.10. The van der Waals surface area contributed by atoms with Gasteiger partial charge in [-0.2, -0.15) is 13.2 Å². The molecule has 0 aliphatic heterocycles. The van der Waals surface area contributed by atoms with Crippen LogP contribution >= 0.6 is 0 Å². The minimum absolute atomic E-state index is 0.103. The Morgan fingerprint density at radius 2 is 2.04 bits per heavy atom. The summed E-state index contributed by atoms with van der Waals surface area (Å²) < 4.78 is 39.4. The SMILES string of the molecule is Cc1ccn2c(=O)c(C(=O)N(CC(C)C)CC(F)(F)F)cnc2c1. The molecule has 0 aliphatic carbocycles. The molecule has 0 aliphatic rings. The molecule has 24 heavy (non-hydrogen) atoms. The molecular formula is C16H18F3N3O2. The Morgan fingerprint density at radius 1 is 1.38 bits per heavy atom. The molecule has 2 rings (SSSR count). The number of amides is 1. The molecule has 2 aromatic rings. The largest absolute Gasteiger partial charge is 0.406 e. The van der Waals surface area contributed by atoms with Gasteiger partial charge in [0.25, 0.3) is 11.5 Å². The molecule has 0 N–H and O–H groups in total. The fourth-order valence-electron chi connectivity index (χ4n) is 2.37. The third-order valence-electron chi connectivity index (χ3n) is 3.34. The fourth-order valence-corrected chi connectivity index (χ4v) is 2.37. The first-order valence-electron chi connectivity index (χ1n) is 7.42. The molecule has 1 amide bonds. The molecule has 2 heterocycles. The second kappa shape index (κ2) is 6.62. The zero-order valence-corrected chi connectivity index (χ0v) is 13.6. The van der Waals surface area contributed by atoms with Crippen molar-refractivity contribution in [1.82, 2.24) is 14.3 Å². The lowest BCUT2D eigenvalue weighted by atomic mass is 10.2. The molecule has 0 spiro atoms. The maximum absolute atomic E-state index is 12.7. The Morgan fingerprint density at radius 3 is 2.62 bits per heavy atom. The highest BCUT2D eigenvalue weighted by Crippen LogP contribution is 2.18. The highest BCUT2D eigenvalue weighted by Gasteiger charge is 2.34. The number of nitrogens with zero attached hydrogens (tertiary/aromatic N) is 3. The van der Waals surface area contributed by atoms with Gasteiger partial charge >= 0.3 is 6.18 Å². The van der Waals surface area contributed by atoms with Gasteiger partial charge in [-0.3, -0.25) is 14.0 Å². The van der Waals surface area contributed by atoms with E-state index in [0.29, 0.717) is 10.5 Å². The lowest BCUT2D eigenvalue weighted by Gasteiger charge is -2.25. The van der Waals surface area contributed by atoms with Crippen LogP contribution in [0.25, 0.3) is 5.65 Å². The van der Waals surface area contributed by atoms with E-state index in [9.17, 15) is 22.8 Å². The lowest BCUT2D eigenvalue weighted by molar-refractivity contribution is -0.141. The number of pyridine rings is 1. The van der Waals surface area contributed by atoms with Gasteiger partial charge in [0.15, 0.2) is 0 Å². The number of carbonyl (C=O) groups is 1. The van der Waals surface area contributed by atoms with E-state index in [1.807, 2.05) is 6.92 Å². The van der Waals surface area contributed by atoms with Crippen molar-refractivity contribution in [3.8, 4) is 0 Å². The van der Waals surface area contributed by atoms with Crippen LogP contribution in [-0.4, -0.2) is 39.5 Å². The van der Waals surface area contributed by atoms with E-state index in [2.05, 4.69) is 4.98 Å². The predicted molar refractivity (Wildman–Crippen MR) is 83.0 cm³/mol. The molecule has 2 aromatic heterocycles. The van der Waals surface area contributed by atoms with Gasteiger partial charge in [-0.25, -0.2) is 4.98 Å². The number of hydrogen-bond donors (Lipinski definition) is 0. The number of aryl methyl sites for hydroxylation is 1. The summed E-state index contributed by atoms with van der Waals surface area (Å²) in [5.74, 6) is -1.14. The van der Waals surface area contributed by atoms with Crippen LogP contribution in [0.3, 0.4) is 0 Å². The number of rotatable bonds is 4. The average Bonchev–Trinajstić information content (AvgIpc) is 2.44. The fraction of sp³-hybridized carbons (Fsp3) is 0.438.